The Kier molecular flexibility index (Phi) is 6.35. The summed E-state index contributed by atoms with van der Waals surface area (Å²) >= 11 is 11.6. The van der Waals surface area contributed by atoms with Gasteiger partial charge in [-0.05, 0) is 43.4 Å². The van der Waals surface area contributed by atoms with E-state index in [1.807, 2.05) is 25.1 Å². The van der Waals surface area contributed by atoms with Crippen molar-refractivity contribution in [2.45, 2.75) is 13.5 Å². The van der Waals surface area contributed by atoms with Crippen LogP contribution in [0.15, 0.2) is 52.9 Å². The van der Waals surface area contributed by atoms with Crippen LogP contribution in [0.3, 0.4) is 0 Å². The van der Waals surface area contributed by atoms with Gasteiger partial charge in [0.15, 0.2) is 5.11 Å². The van der Waals surface area contributed by atoms with Crippen LogP contribution in [0.5, 0.6) is 0 Å². The number of nitrogens with one attached hydrogen (secondary N) is 2. The van der Waals surface area contributed by atoms with Crippen molar-refractivity contribution >= 4 is 46.4 Å². The number of nitrogens with zero attached hydrogens (tertiary/aromatic N) is 4. The quantitative estimate of drug-likeness (QED) is 0.456. The molecule has 156 valence electrons. The summed E-state index contributed by atoms with van der Waals surface area (Å²) < 4.78 is 5.53. The lowest BCUT2D eigenvalue weighted by Gasteiger charge is -2.36. The summed E-state index contributed by atoms with van der Waals surface area (Å²) in [5, 5.41) is 6.88. The van der Waals surface area contributed by atoms with Crippen LogP contribution < -0.4 is 20.4 Å². The van der Waals surface area contributed by atoms with E-state index in [0.29, 0.717) is 22.8 Å². The van der Waals surface area contributed by atoms with E-state index in [0.717, 1.165) is 43.5 Å². The maximum absolute atomic E-state index is 6.25. The van der Waals surface area contributed by atoms with E-state index in [4.69, 9.17) is 28.2 Å². The molecule has 0 bridgehead atoms. The van der Waals surface area contributed by atoms with Crippen molar-refractivity contribution in [1.82, 2.24) is 15.3 Å². The molecule has 4 rings (SSSR count). The van der Waals surface area contributed by atoms with Crippen LogP contribution in [0.25, 0.3) is 0 Å². The SMILES string of the molecule is Cc1ccc(CNC(=S)Nc2nc(Cl)cc(N3CCN(c4ccccc4)CC3)n2)o1. The Balaban J connectivity index is 1.35. The van der Waals surface area contributed by atoms with Gasteiger partial charge in [-0.15, -0.1) is 0 Å². The molecule has 2 aromatic heterocycles. The second-order valence-electron chi connectivity index (χ2n) is 7.00. The van der Waals surface area contributed by atoms with Crippen LogP contribution >= 0.6 is 23.8 Å². The molecule has 1 aromatic carbocycles. The van der Waals surface area contributed by atoms with E-state index < -0.39 is 0 Å². The van der Waals surface area contributed by atoms with Gasteiger partial charge in [0.2, 0.25) is 5.95 Å². The van der Waals surface area contributed by atoms with Crippen molar-refractivity contribution in [3.05, 3.63) is 65.2 Å². The van der Waals surface area contributed by atoms with Gasteiger partial charge in [-0.2, -0.15) is 4.98 Å². The molecular formula is C21H23ClN6OS. The number of piperazine rings is 1. The predicted molar refractivity (Wildman–Crippen MR) is 124 cm³/mol. The Hall–Kier alpha value is -2.84. The van der Waals surface area contributed by atoms with Crippen molar-refractivity contribution in [3.8, 4) is 0 Å². The summed E-state index contributed by atoms with van der Waals surface area (Å²) in [7, 11) is 0. The number of halogens is 1. The second-order valence-corrected chi connectivity index (χ2v) is 7.80. The molecule has 0 amide bonds. The minimum absolute atomic E-state index is 0.371. The summed E-state index contributed by atoms with van der Waals surface area (Å²) in [5.74, 6) is 2.83. The van der Waals surface area contributed by atoms with Crippen LogP contribution in [0.2, 0.25) is 5.15 Å². The molecule has 7 nitrogen and oxygen atoms in total. The van der Waals surface area contributed by atoms with Gasteiger partial charge in [-0.3, -0.25) is 0 Å². The zero-order chi connectivity index (χ0) is 20.9. The molecule has 30 heavy (non-hydrogen) atoms. The Bertz CT molecular complexity index is 1000. The maximum Gasteiger partial charge on any atom is 0.232 e. The third-order valence-corrected chi connectivity index (χ3v) is 5.29. The number of anilines is 3. The molecule has 0 radical (unpaired) electrons. The first-order chi connectivity index (χ1) is 14.6. The van der Waals surface area contributed by atoms with Gasteiger partial charge in [-0.25, -0.2) is 4.98 Å². The minimum Gasteiger partial charge on any atom is -0.465 e. The molecule has 0 saturated carbocycles. The molecule has 3 aromatic rings. The number of rotatable bonds is 5. The Morgan fingerprint density at radius 1 is 1.07 bits per heavy atom. The highest BCUT2D eigenvalue weighted by atomic mass is 35.5. The summed E-state index contributed by atoms with van der Waals surface area (Å²) in [5.41, 5.74) is 1.24. The molecule has 0 unspecified atom stereocenters. The molecule has 0 spiro atoms. The molecule has 1 fully saturated rings. The molecule has 1 aliphatic heterocycles. The third-order valence-electron chi connectivity index (χ3n) is 4.85. The third kappa shape index (κ3) is 5.20. The fourth-order valence-electron chi connectivity index (χ4n) is 3.35. The van der Waals surface area contributed by atoms with Gasteiger partial charge >= 0.3 is 0 Å². The van der Waals surface area contributed by atoms with Crippen molar-refractivity contribution < 1.29 is 4.42 Å². The second kappa shape index (κ2) is 9.32. The number of thiocarbonyl (C=S) groups is 1. The van der Waals surface area contributed by atoms with Crippen molar-refractivity contribution in [1.29, 1.82) is 0 Å². The number of furan rings is 1. The molecule has 3 heterocycles. The Morgan fingerprint density at radius 2 is 1.80 bits per heavy atom. The van der Waals surface area contributed by atoms with Crippen LogP contribution in [0.4, 0.5) is 17.5 Å². The van der Waals surface area contributed by atoms with E-state index in [1.54, 1.807) is 6.07 Å². The first-order valence-electron chi connectivity index (χ1n) is 9.76. The molecule has 9 heteroatoms. The molecule has 0 aliphatic carbocycles. The summed E-state index contributed by atoms with van der Waals surface area (Å²) in [6.07, 6.45) is 0. The average Bonchev–Trinajstić information content (AvgIpc) is 3.18. The summed E-state index contributed by atoms with van der Waals surface area (Å²) in [4.78, 5) is 13.4. The van der Waals surface area contributed by atoms with E-state index in [9.17, 15) is 0 Å². The largest absolute Gasteiger partial charge is 0.465 e. The average molecular weight is 443 g/mol. The Morgan fingerprint density at radius 3 is 2.50 bits per heavy atom. The van der Waals surface area contributed by atoms with E-state index in [1.165, 1.54) is 5.69 Å². The van der Waals surface area contributed by atoms with Crippen molar-refractivity contribution in [3.63, 3.8) is 0 Å². The molecule has 0 atom stereocenters. The highest BCUT2D eigenvalue weighted by molar-refractivity contribution is 7.80. The number of hydrogen-bond acceptors (Lipinski definition) is 6. The number of aromatic nitrogens is 2. The van der Waals surface area contributed by atoms with Crippen LogP contribution in [0, 0.1) is 6.92 Å². The highest BCUT2D eigenvalue weighted by Crippen LogP contribution is 2.22. The first-order valence-corrected chi connectivity index (χ1v) is 10.5. The molecule has 1 aliphatic rings. The maximum atomic E-state index is 6.25. The lowest BCUT2D eigenvalue weighted by molar-refractivity contribution is 0.478. The normalized spacial score (nSPS) is 13.9. The van der Waals surface area contributed by atoms with E-state index in [-0.39, 0.29) is 0 Å². The standard InChI is InChI=1S/C21H23ClN6OS/c1-15-7-8-17(29-15)14-23-21(30)26-20-24-18(22)13-19(25-20)28-11-9-27(10-12-28)16-5-3-2-4-6-16/h2-8,13H,9-12,14H2,1H3,(H2,23,24,25,26,30). The van der Waals surface area contributed by atoms with Gasteiger partial charge in [0.05, 0.1) is 6.54 Å². The number of para-hydroxylation sites is 1. The number of aryl methyl sites for hydroxylation is 1. The fraction of sp³-hybridized carbons (Fsp3) is 0.286. The van der Waals surface area contributed by atoms with Crippen LogP contribution in [0.1, 0.15) is 11.5 Å². The minimum atomic E-state index is 0.371. The first kappa shape index (κ1) is 20.4. The van der Waals surface area contributed by atoms with Gasteiger partial charge in [0.25, 0.3) is 0 Å². The van der Waals surface area contributed by atoms with E-state index >= 15 is 0 Å². The topological polar surface area (TPSA) is 69.5 Å². The number of benzene rings is 1. The lowest BCUT2D eigenvalue weighted by atomic mass is 10.2. The zero-order valence-electron chi connectivity index (χ0n) is 16.6. The lowest BCUT2D eigenvalue weighted by Crippen LogP contribution is -2.46. The highest BCUT2D eigenvalue weighted by Gasteiger charge is 2.19. The molecule has 1 saturated heterocycles. The Labute approximate surface area is 186 Å². The zero-order valence-corrected chi connectivity index (χ0v) is 18.2. The molecular weight excluding hydrogens is 420 g/mol. The predicted octanol–water partition coefficient (Wildman–Crippen LogP) is 3.84. The summed E-state index contributed by atoms with van der Waals surface area (Å²) in [6, 6.07) is 16.0. The van der Waals surface area contributed by atoms with Crippen LogP contribution in [-0.2, 0) is 6.54 Å². The van der Waals surface area contributed by atoms with Gasteiger partial charge in [0, 0.05) is 37.9 Å². The monoisotopic (exact) mass is 442 g/mol. The van der Waals surface area contributed by atoms with Crippen LogP contribution in [-0.4, -0.2) is 41.3 Å². The fourth-order valence-corrected chi connectivity index (χ4v) is 3.69. The van der Waals surface area contributed by atoms with Gasteiger partial charge in [0.1, 0.15) is 22.5 Å². The smallest absolute Gasteiger partial charge is 0.232 e. The van der Waals surface area contributed by atoms with Crippen molar-refractivity contribution in [2.75, 3.05) is 41.3 Å². The van der Waals surface area contributed by atoms with Gasteiger partial charge in [-0.1, -0.05) is 29.8 Å². The number of hydrogen-bond donors (Lipinski definition) is 2. The summed E-state index contributed by atoms with van der Waals surface area (Å²) in [6.45, 7) is 5.91. The van der Waals surface area contributed by atoms with Gasteiger partial charge < -0.3 is 24.9 Å². The van der Waals surface area contributed by atoms with Crippen molar-refractivity contribution in [2.24, 2.45) is 0 Å². The van der Waals surface area contributed by atoms with E-state index in [2.05, 4.69) is 54.7 Å². The molecule has 2 N–H and O–H groups in total.